The molecule has 16 heavy (non-hydrogen) atoms. The lowest BCUT2D eigenvalue weighted by Gasteiger charge is -2.24. The number of carbonyl (C=O) groups is 2. The molecule has 0 radical (unpaired) electrons. The van der Waals surface area contributed by atoms with Crippen LogP contribution in [0.5, 0.6) is 0 Å². The van der Waals surface area contributed by atoms with Crippen LogP contribution < -0.4 is 5.73 Å². The van der Waals surface area contributed by atoms with Crippen molar-refractivity contribution >= 4 is 11.8 Å². The van der Waals surface area contributed by atoms with Crippen molar-refractivity contribution in [1.82, 2.24) is 9.47 Å². The van der Waals surface area contributed by atoms with E-state index in [9.17, 15) is 9.59 Å². The maximum Gasteiger partial charge on any atom is 0.256 e. The summed E-state index contributed by atoms with van der Waals surface area (Å²) in [6.45, 7) is 3.65. The number of hydrogen-bond acceptors (Lipinski definition) is 2. The van der Waals surface area contributed by atoms with Gasteiger partial charge in [0, 0.05) is 25.5 Å². The van der Waals surface area contributed by atoms with Crippen LogP contribution in [-0.4, -0.2) is 33.9 Å². The first kappa shape index (κ1) is 12.3. The SMILES string of the molecule is CC(C)N(CC(N)=O)C(=O)c1ccn(C)c1. The molecular weight excluding hydrogens is 206 g/mol. The van der Waals surface area contributed by atoms with Gasteiger partial charge in [-0.05, 0) is 19.9 Å². The Labute approximate surface area is 94.8 Å². The van der Waals surface area contributed by atoms with Gasteiger partial charge in [-0.1, -0.05) is 0 Å². The monoisotopic (exact) mass is 223 g/mol. The van der Waals surface area contributed by atoms with E-state index in [0.29, 0.717) is 5.56 Å². The van der Waals surface area contributed by atoms with Crippen molar-refractivity contribution in [2.75, 3.05) is 6.54 Å². The quantitative estimate of drug-likeness (QED) is 0.800. The van der Waals surface area contributed by atoms with Gasteiger partial charge in [-0.2, -0.15) is 0 Å². The highest BCUT2D eigenvalue weighted by Crippen LogP contribution is 2.08. The zero-order chi connectivity index (χ0) is 12.3. The van der Waals surface area contributed by atoms with E-state index in [1.54, 1.807) is 23.0 Å². The summed E-state index contributed by atoms with van der Waals surface area (Å²) in [5, 5.41) is 0. The molecule has 2 N–H and O–H groups in total. The van der Waals surface area contributed by atoms with Crippen LogP contribution in [0, 0.1) is 0 Å². The van der Waals surface area contributed by atoms with E-state index in [0.717, 1.165) is 0 Å². The van der Waals surface area contributed by atoms with E-state index in [-0.39, 0.29) is 18.5 Å². The van der Waals surface area contributed by atoms with Crippen molar-refractivity contribution in [3.63, 3.8) is 0 Å². The first-order chi connectivity index (χ1) is 7.41. The maximum atomic E-state index is 12.0. The number of aromatic nitrogens is 1. The molecule has 0 aromatic carbocycles. The predicted molar refractivity (Wildman–Crippen MR) is 60.8 cm³/mol. The van der Waals surface area contributed by atoms with Crippen LogP contribution in [0.3, 0.4) is 0 Å². The van der Waals surface area contributed by atoms with E-state index in [4.69, 9.17) is 5.73 Å². The van der Waals surface area contributed by atoms with Gasteiger partial charge in [0.25, 0.3) is 5.91 Å². The second kappa shape index (κ2) is 4.83. The fourth-order valence-electron chi connectivity index (χ4n) is 1.45. The van der Waals surface area contributed by atoms with Crippen LogP contribution >= 0.6 is 0 Å². The first-order valence-electron chi connectivity index (χ1n) is 5.13. The summed E-state index contributed by atoms with van der Waals surface area (Å²) < 4.78 is 1.79. The van der Waals surface area contributed by atoms with Crippen molar-refractivity contribution in [3.05, 3.63) is 24.0 Å². The van der Waals surface area contributed by atoms with E-state index < -0.39 is 5.91 Å². The van der Waals surface area contributed by atoms with Crippen molar-refractivity contribution in [2.45, 2.75) is 19.9 Å². The predicted octanol–water partition coefficient (Wildman–Crippen LogP) is 0.361. The summed E-state index contributed by atoms with van der Waals surface area (Å²) in [4.78, 5) is 24.4. The lowest BCUT2D eigenvalue weighted by atomic mass is 10.2. The molecule has 0 atom stereocenters. The smallest absolute Gasteiger partial charge is 0.256 e. The third kappa shape index (κ3) is 2.85. The normalized spacial score (nSPS) is 10.5. The van der Waals surface area contributed by atoms with E-state index in [2.05, 4.69) is 0 Å². The second-order valence-electron chi connectivity index (χ2n) is 4.06. The highest BCUT2D eigenvalue weighted by molar-refractivity contribution is 5.96. The van der Waals surface area contributed by atoms with Gasteiger partial charge in [0.1, 0.15) is 0 Å². The average Bonchev–Trinajstić information content (AvgIpc) is 2.59. The van der Waals surface area contributed by atoms with Crippen LogP contribution in [0.25, 0.3) is 0 Å². The molecule has 1 heterocycles. The standard InChI is InChI=1S/C11H17N3O2/c1-8(2)14(7-10(12)15)11(16)9-4-5-13(3)6-9/h4-6,8H,7H2,1-3H3,(H2,12,15). The van der Waals surface area contributed by atoms with Crippen molar-refractivity contribution in [3.8, 4) is 0 Å². The Hall–Kier alpha value is -1.78. The zero-order valence-corrected chi connectivity index (χ0v) is 9.80. The number of rotatable bonds is 4. The first-order valence-corrected chi connectivity index (χ1v) is 5.13. The molecule has 88 valence electrons. The highest BCUT2D eigenvalue weighted by atomic mass is 16.2. The minimum Gasteiger partial charge on any atom is -0.368 e. The molecule has 1 rings (SSSR count). The molecule has 0 aliphatic carbocycles. The van der Waals surface area contributed by atoms with Crippen molar-refractivity contribution < 1.29 is 9.59 Å². The largest absolute Gasteiger partial charge is 0.368 e. The summed E-state index contributed by atoms with van der Waals surface area (Å²) in [7, 11) is 1.84. The Morgan fingerprint density at radius 1 is 1.50 bits per heavy atom. The Balaban J connectivity index is 2.87. The van der Waals surface area contributed by atoms with Gasteiger partial charge < -0.3 is 15.2 Å². The van der Waals surface area contributed by atoms with Crippen LogP contribution in [0.4, 0.5) is 0 Å². The third-order valence-electron chi connectivity index (χ3n) is 2.29. The molecule has 0 saturated heterocycles. The fraction of sp³-hybridized carbons (Fsp3) is 0.455. The lowest BCUT2D eigenvalue weighted by Crippen LogP contribution is -2.42. The van der Waals surface area contributed by atoms with Crippen molar-refractivity contribution in [1.29, 1.82) is 0 Å². The average molecular weight is 223 g/mol. The summed E-state index contributed by atoms with van der Waals surface area (Å²) in [6.07, 6.45) is 3.51. The number of hydrogen-bond donors (Lipinski definition) is 1. The maximum absolute atomic E-state index is 12.0. The number of carbonyl (C=O) groups excluding carboxylic acids is 2. The number of primary amides is 1. The number of amides is 2. The summed E-state index contributed by atoms with van der Waals surface area (Å²) in [6, 6.07) is 1.67. The summed E-state index contributed by atoms with van der Waals surface area (Å²) in [5.41, 5.74) is 5.68. The topological polar surface area (TPSA) is 68.3 Å². The van der Waals surface area contributed by atoms with Crippen LogP contribution in [-0.2, 0) is 11.8 Å². The van der Waals surface area contributed by atoms with Crippen LogP contribution in [0.1, 0.15) is 24.2 Å². The third-order valence-corrected chi connectivity index (χ3v) is 2.29. The molecule has 0 aliphatic rings. The lowest BCUT2D eigenvalue weighted by molar-refractivity contribution is -0.119. The highest BCUT2D eigenvalue weighted by Gasteiger charge is 2.20. The van der Waals surface area contributed by atoms with Gasteiger partial charge in [0.05, 0.1) is 12.1 Å². The molecule has 0 spiro atoms. The van der Waals surface area contributed by atoms with Gasteiger partial charge in [0.2, 0.25) is 5.91 Å². The van der Waals surface area contributed by atoms with Gasteiger partial charge in [-0.15, -0.1) is 0 Å². The Morgan fingerprint density at radius 2 is 2.12 bits per heavy atom. The summed E-state index contributed by atoms with van der Waals surface area (Å²) >= 11 is 0. The Bertz CT molecular complexity index is 396. The van der Waals surface area contributed by atoms with Crippen LogP contribution in [0.2, 0.25) is 0 Å². The molecular formula is C11H17N3O2. The Kier molecular flexibility index (Phi) is 3.71. The van der Waals surface area contributed by atoms with E-state index >= 15 is 0 Å². The molecule has 5 nitrogen and oxygen atoms in total. The number of nitrogens with two attached hydrogens (primary N) is 1. The minimum atomic E-state index is -0.502. The van der Waals surface area contributed by atoms with Gasteiger partial charge >= 0.3 is 0 Å². The molecule has 1 aromatic heterocycles. The fourth-order valence-corrected chi connectivity index (χ4v) is 1.45. The molecule has 0 saturated carbocycles. The number of nitrogens with zero attached hydrogens (tertiary/aromatic N) is 2. The van der Waals surface area contributed by atoms with Gasteiger partial charge in [-0.25, -0.2) is 0 Å². The molecule has 0 unspecified atom stereocenters. The van der Waals surface area contributed by atoms with Gasteiger partial charge in [-0.3, -0.25) is 9.59 Å². The van der Waals surface area contributed by atoms with Gasteiger partial charge in [0.15, 0.2) is 0 Å². The zero-order valence-electron chi connectivity index (χ0n) is 9.80. The minimum absolute atomic E-state index is 0.0502. The Morgan fingerprint density at radius 3 is 2.50 bits per heavy atom. The molecule has 5 heteroatoms. The van der Waals surface area contributed by atoms with Crippen molar-refractivity contribution in [2.24, 2.45) is 12.8 Å². The molecule has 0 bridgehead atoms. The number of aryl methyl sites for hydroxylation is 1. The molecule has 0 aliphatic heterocycles. The molecule has 0 fully saturated rings. The molecule has 2 amide bonds. The van der Waals surface area contributed by atoms with E-state index in [1.807, 2.05) is 20.9 Å². The summed E-state index contributed by atoms with van der Waals surface area (Å²) in [5.74, 6) is -0.674. The van der Waals surface area contributed by atoms with E-state index in [1.165, 1.54) is 4.90 Å². The molecule has 1 aromatic rings. The van der Waals surface area contributed by atoms with Crippen LogP contribution in [0.15, 0.2) is 18.5 Å². The second-order valence-corrected chi connectivity index (χ2v) is 4.06.